The van der Waals surface area contributed by atoms with E-state index in [0.29, 0.717) is 19.4 Å². The van der Waals surface area contributed by atoms with Crippen molar-refractivity contribution in [3.8, 4) is 0 Å². The molecule has 7 heteroatoms. The maximum atomic E-state index is 14.4. The maximum Gasteiger partial charge on any atom is 0.410 e. The van der Waals surface area contributed by atoms with Crippen LogP contribution in [0.15, 0.2) is 12.1 Å². The molecule has 0 aromatic heterocycles. The Balaban J connectivity index is 2.31. The molecule has 1 unspecified atom stereocenters. The summed E-state index contributed by atoms with van der Waals surface area (Å²) in [6.45, 7) is 5.61. The maximum absolute atomic E-state index is 14.4. The summed E-state index contributed by atoms with van der Waals surface area (Å²) in [4.78, 5) is 25.1. The fourth-order valence-electron chi connectivity index (χ4n) is 2.71. The van der Waals surface area contributed by atoms with E-state index in [0.717, 1.165) is 19.2 Å². The smallest absolute Gasteiger partial charge is 0.410 e. The molecule has 1 aliphatic rings. The number of hydrogen-bond acceptors (Lipinski definition) is 4. The summed E-state index contributed by atoms with van der Waals surface area (Å²) in [7, 11) is 1.09. The minimum Gasteiger partial charge on any atom is -0.465 e. The molecule has 1 fully saturated rings. The molecule has 0 aliphatic carbocycles. The van der Waals surface area contributed by atoms with E-state index in [1.807, 2.05) is 0 Å². The van der Waals surface area contributed by atoms with Gasteiger partial charge in [-0.25, -0.2) is 18.4 Å². The fraction of sp³-hybridized carbons (Fsp3) is 0.529. The van der Waals surface area contributed by atoms with Gasteiger partial charge in [0.2, 0.25) is 0 Å². The van der Waals surface area contributed by atoms with Crippen LogP contribution in [0.25, 0.3) is 0 Å². The zero-order valence-corrected chi connectivity index (χ0v) is 14.2. The molecule has 0 radical (unpaired) electrons. The fourth-order valence-corrected chi connectivity index (χ4v) is 2.71. The summed E-state index contributed by atoms with van der Waals surface area (Å²) in [5.41, 5.74) is -1.12. The van der Waals surface area contributed by atoms with Gasteiger partial charge in [-0.2, -0.15) is 0 Å². The second-order valence-electron chi connectivity index (χ2n) is 6.68. The minimum absolute atomic E-state index is 0.0310. The molecule has 1 aromatic rings. The second kappa shape index (κ2) is 6.75. The standard InChI is InChI=1S/C17H21F2NO4/c1-17(2,3)24-16(22)20-7-5-6-14(20)10-8-13(19)11(9-12(10)18)15(21)23-4/h8-9,14H,5-7H2,1-4H3. The summed E-state index contributed by atoms with van der Waals surface area (Å²) in [6.07, 6.45) is 0.582. The van der Waals surface area contributed by atoms with Crippen LogP contribution in [0.5, 0.6) is 0 Å². The third-order valence-corrected chi connectivity index (χ3v) is 3.73. The first-order chi connectivity index (χ1) is 11.1. The lowest BCUT2D eigenvalue weighted by molar-refractivity contribution is 0.0221. The van der Waals surface area contributed by atoms with Crippen LogP contribution in [0, 0.1) is 11.6 Å². The first-order valence-corrected chi connectivity index (χ1v) is 7.71. The number of esters is 1. The van der Waals surface area contributed by atoms with E-state index in [1.54, 1.807) is 20.8 Å². The molecule has 1 aromatic carbocycles. The van der Waals surface area contributed by atoms with E-state index in [4.69, 9.17) is 4.74 Å². The molecule has 0 bridgehead atoms. The highest BCUT2D eigenvalue weighted by Gasteiger charge is 2.35. The predicted molar refractivity (Wildman–Crippen MR) is 82.6 cm³/mol. The van der Waals surface area contributed by atoms with Crippen LogP contribution in [0.3, 0.4) is 0 Å². The Morgan fingerprint density at radius 2 is 1.88 bits per heavy atom. The van der Waals surface area contributed by atoms with Crippen molar-refractivity contribution in [3.05, 3.63) is 34.9 Å². The van der Waals surface area contributed by atoms with Gasteiger partial charge < -0.3 is 14.4 Å². The van der Waals surface area contributed by atoms with E-state index in [2.05, 4.69) is 4.74 Å². The van der Waals surface area contributed by atoms with Gasteiger partial charge in [0.25, 0.3) is 0 Å². The van der Waals surface area contributed by atoms with Crippen molar-refractivity contribution in [2.45, 2.75) is 45.3 Å². The summed E-state index contributed by atoms with van der Waals surface area (Å²) in [5, 5.41) is 0. The van der Waals surface area contributed by atoms with Crippen LogP contribution in [-0.2, 0) is 9.47 Å². The quantitative estimate of drug-likeness (QED) is 0.767. The van der Waals surface area contributed by atoms with Crippen LogP contribution in [0.4, 0.5) is 13.6 Å². The Bertz CT molecular complexity index is 655. The molecule has 1 atom stereocenters. The number of halogens is 2. The number of hydrogen-bond donors (Lipinski definition) is 0. The SMILES string of the molecule is COC(=O)c1cc(F)c(C2CCCN2C(=O)OC(C)(C)C)cc1F. The Kier molecular flexibility index (Phi) is 5.11. The number of benzene rings is 1. The minimum atomic E-state index is -0.951. The lowest BCUT2D eigenvalue weighted by Crippen LogP contribution is -2.36. The van der Waals surface area contributed by atoms with Crippen LogP contribution in [0.2, 0.25) is 0 Å². The molecule has 24 heavy (non-hydrogen) atoms. The van der Waals surface area contributed by atoms with Crippen LogP contribution in [-0.4, -0.2) is 36.2 Å². The number of methoxy groups -OCH3 is 1. The lowest BCUT2D eigenvalue weighted by Gasteiger charge is -2.29. The predicted octanol–water partition coefficient (Wildman–Crippen LogP) is 3.82. The zero-order valence-electron chi connectivity index (χ0n) is 14.2. The third-order valence-electron chi connectivity index (χ3n) is 3.73. The van der Waals surface area contributed by atoms with Crippen molar-refractivity contribution >= 4 is 12.1 Å². The molecule has 5 nitrogen and oxygen atoms in total. The highest BCUT2D eigenvalue weighted by atomic mass is 19.1. The molecule has 0 N–H and O–H groups in total. The van der Waals surface area contributed by atoms with Gasteiger partial charge in [0.05, 0.1) is 18.7 Å². The number of likely N-dealkylation sites (tertiary alicyclic amines) is 1. The van der Waals surface area contributed by atoms with E-state index in [9.17, 15) is 18.4 Å². The third kappa shape index (κ3) is 3.83. The lowest BCUT2D eigenvalue weighted by atomic mass is 10.0. The number of nitrogens with zero attached hydrogens (tertiary/aromatic N) is 1. The summed E-state index contributed by atoms with van der Waals surface area (Å²) in [5.74, 6) is -2.58. The Labute approximate surface area is 139 Å². The largest absolute Gasteiger partial charge is 0.465 e. The molecule has 1 heterocycles. The molecular weight excluding hydrogens is 320 g/mol. The van der Waals surface area contributed by atoms with Crippen LogP contribution in [0.1, 0.15) is 55.6 Å². The van der Waals surface area contributed by atoms with Gasteiger partial charge in [-0.3, -0.25) is 0 Å². The van der Waals surface area contributed by atoms with Crippen molar-refractivity contribution in [3.63, 3.8) is 0 Å². The summed E-state index contributed by atoms with van der Waals surface area (Å²) in [6, 6.07) is 1.14. The van der Waals surface area contributed by atoms with Crippen molar-refractivity contribution in [2.24, 2.45) is 0 Å². The molecule has 132 valence electrons. The van der Waals surface area contributed by atoms with E-state index < -0.39 is 40.9 Å². The molecular formula is C17H21F2NO4. The normalized spacial score (nSPS) is 17.8. The van der Waals surface area contributed by atoms with E-state index in [1.165, 1.54) is 4.90 Å². The van der Waals surface area contributed by atoms with Gasteiger partial charge in [0, 0.05) is 12.1 Å². The van der Waals surface area contributed by atoms with E-state index in [-0.39, 0.29) is 5.56 Å². The van der Waals surface area contributed by atoms with Gasteiger partial charge in [0.1, 0.15) is 17.2 Å². The number of carbonyl (C=O) groups excluding carboxylic acids is 2. The monoisotopic (exact) mass is 341 g/mol. The topological polar surface area (TPSA) is 55.8 Å². The number of carbonyl (C=O) groups is 2. The number of ether oxygens (including phenoxy) is 2. The van der Waals surface area contributed by atoms with Crippen molar-refractivity contribution in [2.75, 3.05) is 13.7 Å². The van der Waals surface area contributed by atoms with Crippen molar-refractivity contribution in [1.29, 1.82) is 0 Å². The molecule has 2 rings (SSSR count). The average Bonchev–Trinajstić information content (AvgIpc) is 2.96. The first-order valence-electron chi connectivity index (χ1n) is 7.71. The molecule has 1 aliphatic heterocycles. The second-order valence-corrected chi connectivity index (χ2v) is 6.68. The average molecular weight is 341 g/mol. The summed E-state index contributed by atoms with van der Waals surface area (Å²) < 4.78 is 38.3. The molecule has 0 saturated carbocycles. The number of amides is 1. The Hall–Kier alpha value is -2.18. The highest BCUT2D eigenvalue weighted by molar-refractivity contribution is 5.89. The van der Waals surface area contributed by atoms with Crippen LogP contribution < -0.4 is 0 Å². The van der Waals surface area contributed by atoms with Gasteiger partial charge in [-0.1, -0.05) is 0 Å². The molecule has 1 amide bonds. The number of rotatable bonds is 2. The first kappa shape index (κ1) is 18.2. The molecule has 1 saturated heterocycles. The van der Waals surface area contributed by atoms with Gasteiger partial charge >= 0.3 is 12.1 Å². The Morgan fingerprint density at radius 1 is 1.21 bits per heavy atom. The van der Waals surface area contributed by atoms with Crippen LogP contribution >= 0.6 is 0 Å². The summed E-state index contributed by atoms with van der Waals surface area (Å²) >= 11 is 0. The van der Waals surface area contributed by atoms with Gasteiger partial charge in [0.15, 0.2) is 0 Å². The van der Waals surface area contributed by atoms with E-state index >= 15 is 0 Å². The van der Waals surface area contributed by atoms with Crippen molar-refractivity contribution < 1.29 is 27.8 Å². The molecule has 0 spiro atoms. The van der Waals surface area contributed by atoms with Gasteiger partial charge in [-0.05, 0) is 45.7 Å². The zero-order chi connectivity index (χ0) is 18.1. The highest BCUT2D eigenvalue weighted by Crippen LogP contribution is 2.35. The van der Waals surface area contributed by atoms with Gasteiger partial charge in [-0.15, -0.1) is 0 Å². The Morgan fingerprint density at radius 3 is 2.46 bits per heavy atom. The van der Waals surface area contributed by atoms with Crippen molar-refractivity contribution in [1.82, 2.24) is 4.90 Å².